The first kappa shape index (κ1) is 18.6. The lowest BCUT2D eigenvalue weighted by atomic mass is 10.00. The standard InChI is InChI=1S/C16H17ClN4O4S/c1-16(2)14(24)19-15(26)20-12(22)7-10(21(16)20)13(23)18-9-6-8(17)4-5-11(9)25-3/h4-6,10H,7H2,1-3H3,(H,18,23)(H,19,24,26)/t10-/m0/s1. The Morgan fingerprint density at radius 1 is 1.42 bits per heavy atom. The SMILES string of the molecule is COc1ccc(Cl)cc1NC(=O)[C@@H]1CC(=O)N2C(=S)NC(=O)C(C)(C)N12. The van der Waals surface area contributed by atoms with Crippen LogP contribution in [0.15, 0.2) is 18.2 Å². The number of carbonyl (C=O) groups is 3. The number of rotatable bonds is 3. The minimum Gasteiger partial charge on any atom is -0.495 e. The molecule has 8 nitrogen and oxygen atoms in total. The van der Waals surface area contributed by atoms with Crippen molar-refractivity contribution in [2.24, 2.45) is 0 Å². The quantitative estimate of drug-likeness (QED) is 0.748. The molecule has 2 heterocycles. The van der Waals surface area contributed by atoms with Crippen LogP contribution in [0.1, 0.15) is 20.3 Å². The number of hydrogen-bond donors (Lipinski definition) is 2. The molecule has 0 spiro atoms. The number of anilines is 1. The monoisotopic (exact) mass is 396 g/mol. The van der Waals surface area contributed by atoms with E-state index in [2.05, 4.69) is 10.6 Å². The predicted octanol–water partition coefficient (Wildman–Crippen LogP) is 1.30. The van der Waals surface area contributed by atoms with Crippen molar-refractivity contribution in [1.82, 2.24) is 15.3 Å². The number of ether oxygens (including phenoxy) is 1. The number of hydrogen-bond acceptors (Lipinski definition) is 6. The molecule has 2 fully saturated rings. The molecule has 26 heavy (non-hydrogen) atoms. The van der Waals surface area contributed by atoms with Gasteiger partial charge < -0.3 is 10.1 Å². The Morgan fingerprint density at radius 2 is 2.12 bits per heavy atom. The summed E-state index contributed by atoms with van der Waals surface area (Å²) in [6, 6.07) is 3.90. The van der Waals surface area contributed by atoms with Gasteiger partial charge in [0.25, 0.3) is 0 Å². The van der Waals surface area contributed by atoms with Crippen LogP contribution in [0.3, 0.4) is 0 Å². The van der Waals surface area contributed by atoms with E-state index in [1.807, 2.05) is 0 Å². The fourth-order valence-electron chi connectivity index (χ4n) is 3.05. The van der Waals surface area contributed by atoms with Crippen molar-refractivity contribution in [2.75, 3.05) is 12.4 Å². The highest BCUT2D eigenvalue weighted by Crippen LogP contribution is 2.34. The van der Waals surface area contributed by atoms with Gasteiger partial charge in [-0.1, -0.05) is 11.6 Å². The molecule has 0 bridgehead atoms. The highest BCUT2D eigenvalue weighted by molar-refractivity contribution is 7.80. The Labute approximate surface area is 160 Å². The number of thiocarbonyl (C=S) groups is 1. The second-order valence-electron chi connectivity index (χ2n) is 6.42. The number of fused-ring (bicyclic) bond motifs is 1. The third-order valence-corrected chi connectivity index (χ3v) is 4.89. The molecule has 1 aromatic carbocycles. The maximum Gasteiger partial charge on any atom is 0.248 e. The molecule has 2 saturated heterocycles. The molecule has 0 aromatic heterocycles. The van der Waals surface area contributed by atoms with Crippen LogP contribution in [0.5, 0.6) is 5.75 Å². The molecule has 0 radical (unpaired) electrons. The second-order valence-corrected chi connectivity index (χ2v) is 7.25. The molecule has 0 saturated carbocycles. The minimum atomic E-state index is -1.13. The van der Waals surface area contributed by atoms with Crippen molar-refractivity contribution in [3.05, 3.63) is 23.2 Å². The molecule has 0 unspecified atom stereocenters. The van der Waals surface area contributed by atoms with Crippen molar-refractivity contribution in [3.8, 4) is 5.75 Å². The zero-order valence-electron chi connectivity index (χ0n) is 14.3. The first-order chi connectivity index (χ1) is 12.2. The van der Waals surface area contributed by atoms with E-state index in [1.54, 1.807) is 32.0 Å². The summed E-state index contributed by atoms with van der Waals surface area (Å²) in [7, 11) is 1.47. The van der Waals surface area contributed by atoms with Crippen LogP contribution in [-0.4, -0.2) is 51.5 Å². The van der Waals surface area contributed by atoms with Crippen molar-refractivity contribution in [2.45, 2.75) is 31.8 Å². The van der Waals surface area contributed by atoms with Gasteiger partial charge in [0, 0.05) is 5.02 Å². The highest BCUT2D eigenvalue weighted by atomic mass is 35.5. The van der Waals surface area contributed by atoms with Gasteiger partial charge in [0.15, 0.2) is 5.11 Å². The number of benzene rings is 1. The smallest absolute Gasteiger partial charge is 0.248 e. The average Bonchev–Trinajstić information content (AvgIpc) is 2.92. The molecular formula is C16H17ClN4O4S. The molecule has 3 rings (SSSR count). The Kier molecular flexibility index (Phi) is 4.63. The summed E-state index contributed by atoms with van der Waals surface area (Å²) in [6.07, 6.45) is -0.104. The molecule has 1 aromatic rings. The van der Waals surface area contributed by atoms with E-state index in [4.69, 9.17) is 28.6 Å². The van der Waals surface area contributed by atoms with E-state index < -0.39 is 17.5 Å². The Bertz CT molecular complexity index is 828. The van der Waals surface area contributed by atoms with Crippen molar-refractivity contribution >= 4 is 52.3 Å². The fourth-order valence-corrected chi connectivity index (χ4v) is 3.51. The summed E-state index contributed by atoms with van der Waals surface area (Å²) in [5.74, 6) is -0.782. The normalized spacial score (nSPS) is 22.1. The molecule has 10 heteroatoms. The number of nitrogens with one attached hydrogen (secondary N) is 2. The van der Waals surface area contributed by atoms with Crippen molar-refractivity contribution in [1.29, 1.82) is 0 Å². The van der Waals surface area contributed by atoms with Gasteiger partial charge in [0.2, 0.25) is 17.7 Å². The molecule has 1 atom stereocenters. The molecule has 138 valence electrons. The summed E-state index contributed by atoms with van der Waals surface area (Å²) in [5, 5.41) is 8.20. The molecule has 0 aliphatic carbocycles. The maximum absolute atomic E-state index is 12.9. The average molecular weight is 397 g/mol. The number of halogens is 1. The van der Waals surface area contributed by atoms with Crippen LogP contribution in [0.4, 0.5) is 5.69 Å². The van der Waals surface area contributed by atoms with E-state index in [1.165, 1.54) is 17.1 Å². The Morgan fingerprint density at radius 3 is 2.77 bits per heavy atom. The number of nitrogens with zero attached hydrogens (tertiary/aromatic N) is 2. The van der Waals surface area contributed by atoms with Crippen LogP contribution in [-0.2, 0) is 14.4 Å². The lowest BCUT2D eigenvalue weighted by Crippen LogP contribution is -2.71. The van der Waals surface area contributed by atoms with E-state index in [9.17, 15) is 14.4 Å². The van der Waals surface area contributed by atoms with Gasteiger partial charge in [-0.2, -0.15) is 5.01 Å². The van der Waals surface area contributed by atoms with Crippen molar-refractivity contribution in [3.63, 3.8) is 0 Å². The highest BCUT2D eigenvalue weighted by Gasteiger charge is 2.56. The molecular weight excluding hydrogens is 380 g/mol. The molecule has 2 N–H and O–H groups in total. The van der Waals surface area contributed by atoms with E-state index in [0.29, 0.717) is 16.5 Å². The van der Waals surface area contributed by atoms with Gasteiger partial charge in [0.05, 0.1) is 19.2 Å². The number of methoxy groups -OCH3 is 1. The van der Waals surface area contributed by atoms with E-state index in [-0.39, 0.29) is 23.3 Å². The lowest BCUT2D eigenvalue weighted by molar-refractivity contribution is -0.154. The Balaban J connectivity index is 1.92. The number of carbonyl (C=O) groups excluding carboxylic acids is 3. The number of amides is 3. The van der Waals surface area contributed by atoms with Gasteiger partial charge >= 0.3 is 0 Å². The molecule has 3 amide bonds. The zero-order valence-corrected chi connectivity index (χ0v) is 15.9. The maximum atomic E-state index is 12.9. The largest absolute Gasteiger partial charge is 0.495 e. The van der Waals surface area contributed by atoms with Gasteiger partial charge in [-0.05, 0) is 44.3 Å². The summed E-state index contributed by atoms with van der Waals surface area (Å²) >= 11 is 11.1. The predicted molar refractivity (Wildman–Crippen MR) is 98.5 cm³/mol. The molecule has 2 aliphatic rings. The van der Waals surface area contributed by atoms with Crippen LogP contribution in [0.2, 0.25) is 5.02 Å². The van der Waals surface area contributed by atoms with Crippen molar-refractivity contribution < 1.29 is 19.1 Å². The van der Waals surface area contributed by atoms with Gasteiger partial charge in [-0.3, -0.25) is 19.7 Å². The van der Waals surface area contributed by atoms with Crippen LogP contribution in [0.25, 0.3) is 0 Å². The number of hydrazine groups is 1. The summed E-state index contributed by atoms with van der Waals surface area (Å²) in [5.41, 5.74) is -0.757. The molecule has 2 aliphatic heterocycles. The second kappa shape index (κ2) is 6.49. The van der Waals surface area contributed by atoms with E-state index in [0.717, 1.165) is 0 Å². The topological polar surface area (TPSA) is 91.0 Å². The third kappa shape index (κ3) is 2.91. The van der Waals surface area contributed by atoms with Crippen LogP contribution >= 0.6 is 23.8 Å². The summed E-state index contributed by atoms with van der Waals surface area (Å²) < 4.78 is 5.22. The zero-order chi connectivity index (χ0) is 19.2. The van der Waals surface area contributed by atoms with Crippen LogP contribution < -0.4 is 15.4 Å². The first-order valence-corrected chi connectivity index (χ1v) is 8.57. The van der Waals surface area contributed by atoms with E-state index >= 15 is 0 Å². The fraction of sp³-hybridized carbons (Fsp3) is 0.375. The summed E-state index contributed by atoms with van der Waals surface area (Å²) in [6.45, 7) is 3.24. The van der Waals surface area contributed by atoms with Gasteiger partial charge in [0.1, 0.15) is 17.3 Å². The minimum absolute atomic E-state index is 0.0324. The first-order valence-electron chi connectivity index (χ1n) is 7.79. The summed E-state index contributed by atoms with van der Waals surface area (Å²) in [4.78, 5) is 37.6. The third-order valence-electron chi connectivity index (χ3n) is 4.38. The van der Waals surface area contributed by atoms with Gasteiger partial charge in [-0.15, -0.1) is 0 Å². The van der Waals surface area contributed by atoms with Gasteiger partial charge in [-0.25, -0.2) is 5.01 Å². The lowest BCUT2D eigenvalue weighted by Gasteiger charge is -2.45. The van der Waals surface area contributed by atoms with Crippen LogP contribution in [0, 0.1) is 0 Å². The Hall–Kier alpha value is -2.23.